The highest BCUT2D eigenvalue weighted by Crippen LogP contribution is 2.30. The Kier molecular flexibility index (Phi) is 4.22. The first kappa shape index (κ1) is 15.1. The summed E-state index contributed by atoms with van der Waals surface area (Å²) in [6.45, 7) is 3.81. The number of benzene rings is 1. The predicted octanol–water partition coefficient (Wildman–Crippen LogP) is 0.602. The van der Waals surface area contributed by atoms with Gasteiger partial charge in [-0.3, -0.25) is 0 Å². The third kappa shape index (κ3) is 2.74. The van der Waals surface area contributed by atoms with E-state index in [-0.39, 0.29) is 10.9 Å². The maximum atomic E-state index is 12.8. The average Bonchev–Trinajstić information content (AvgIpc) is 2.38. The van der Waals surface area contributed by atoms with Gasteiger partial charge in [-0.25, -0.2) is 8.42 Å². The fraction of sp³-hybridized carbons (Fsp3) is 0.538. The SMILES string of the molecule is COc1ccc(N)cc1S(=O)(=O)N1CCN(C)CC1C. The normalized spacial score (nSPS) is 21.9. The molecule has 0 saturated carbocycles. The zero-order valence-electron chi connectivity index (χ0n) is 12.0. The molecule has 1 aliphatic rings. The molecular weight excluding hydrogens is 278 g/mol. The van der Waals surface area contributed by atoms with Gasteiger partial charge in [0.15, 0.2) is 0 Å². The van der Waals surface area contributed by atoms with Crippen LogP contribution in [0, 0.1) is 0 Å². The van der Waals surface area contributed by atoms with Gasteiger partial charge in [0, 0.05) is 31.4 Å². The van der Waals surface area contributed by atoms with Crippen LogP contribution < -0.4 is 10.5 Å². The van der Waals surface area contributed by atoms with Crippen LogP contribution in [0.25, 0.3) is 0 Å². The maximum absolute atomic E-state index is 12.8. The van der Waals surface area contributed by atoms with Crippen LogP contribution in [-0.2, 0) is 10.0 Å². The topological polar surface area (TPSA) is 75.9 Å². The third-order valence-electron chi connectivity index (χ3n) is 3.54. The van der Waals surface area contributed by atoms with Crippen molar-refractivity contribution in [2.24, 2.45) is 0 Å². The largest absolute Gasteiger partial charge is 0.495 e. The number of ether oxygens (including phenoxy) is 1. The molecule has 2 N–H and O–H groups in total. The van der Waals surface area contributed by atoms with E-state index in [0.29, 0.717) is 31.1 Å². The minimum absolute atomic E-state index is 0.0788. The van der Waals surface area contributed by atoms with Gasteiger partial charge in [0.1, 0.15) is 10.6 Å². The average molecular weight is 299 g/mol. The highest BCUT2D eigenvalue weighted by atomic mass is 32.2. The molecule has 1 atom stereocenters. The van der Waals surface area contributed by atoms with Crippen LogP contribution in [0.5, 0.6) is 5.75 Å². The van der Waals surface area contributed by atoms with Gasteiger partial charge in [-0.15, -0.1) is 0 Å². The standard InChI is InChI=1S/C13H21N3O3S/c1-10-9-15(2)6-7-16(10)20(17,18)13-8-11(14)4-5-12(13)19-3/h4-5,8,10H,6-7,9,14H2,1-3H3. The zero-order chi connectivity index (χ0) is 14.9. The molecule has 1 fully saturated rings. The number of rotatable bonds is 3. The molecule has 0 aliphatic carbocycles. The highest BCUT2D eigenvalue weighted by molar-refractivity contribution is 7.89. The lowest BCUT2D eigenvalue weighted by atomic mass is 10.2. The number of anilines is 1. The summed E-state index contributed by atoms with van der Waals surface area (Å²) >= 11 is 0. The molecule has 20 heavy (non-hydrogen) atoms. The number of hydrogen-bond donors (Lipinski definition) is 1. The van der Waals surface area contributed by atoms with Crippen molar-refractivity contribution in [3.05, 3.63) is 18.2 Å². The molecule has 1 heterocycles. The van der Waals surface area contributed by atoms with Gasteiger partial charge < -0.3 is 15.4 Å². The minimum atomic E-state index is -3.60. The predicted molar refractivity (Wildman–Crippen MR) is 78.3 cm³/mol. The fourth-order valence-corrected chi connectivity index (χ4v) is 4.31. The third-order valence-corrected chi connectivity index (χ3v) is 5.58. The molecule has 6 nitrogen and oxygen atoms in total. The molecule has 112 valence electrons. The van der Waals surface area contributed by atoms with E-state index in [1.165, 1.54) is 17.5 Å². The molecule has 1 aliphatic heterocycles. The first-order chi connectivity index (χ1) is 9.36. The Morgan fingerprint density at radius 3 is 2.65 bits per heavy atom. The number of nitrogens with two attached hydrogens (primary N) is 1. The van der Waals surface area contributed by atoms with E-state index >= 15 is 0 Å². The van der Waals surface area contributed by atoms with Crippen LogP contribution in [0.4, 0.5) is 5.69 Å². The van der Waals surface area contributed by atoms with E-state index < -0.39 is 10.0 Å². The minimum Gasteiger partial charge on any atom is -0.495 e. The number of piperazine rings is 1. The second-order valence-corrected chi connectivity index (χ2v) is 7.00. The Labute approximate surface area is 120 Å². The van der Waals surface area contributed by atoms with Crippen molar-refractivity contribution in [3.8, 4) is 5.75 Å². The molecule has 0 amide bonds. The van der Waals surface area contributed by atoms with Crippen LogP contribution in [-0.4, -0.2) is 57.5 Å². The van der Waals surface area contributed by atoms with Gasteiger partial charge in [-0.2, -0.15) is 4.31 Å². The molecule has 1 aromatic rings. The van der Waals surface area contributed by atoms with Gasteiger partial charge in [0.25, 0.3) is 0 Å². The van der Waals surface area contributed by atoms with E-state index in [2.05, 4.69) is 4.90 Å². The lowest BCUT2D eigenvalue weighted by Crippen LogP contribution is -2.52. The van der Waals surface area contributed by atoms with E-state index in [1.54, 1.807) is 12.1 Å². The molecule has 0 spiro atoms. The van der Waals surface area contributed by atoms with E-state index in [0.717, 1.165) is 0 Å². The molecule has 7 heteroatoms. The number of hydrogen-bond acceptors (Lipinski definition) is 5. The van der Waals surface area contributed by atoms with Crippen molar-refractivity contribution < 1.29 is 13.2 Å². The Hall–Kier alpha value is -1.31. The Morgan fingerprint density at radius 2 is 2.05 bits per heavy atom. The molecule has 0 aromatic heterocycles. The summed E-state index contributed by atoms with van der Waals surface area (Å²) in [5.74, 6) is 0.324. The molecule has 2 rings (SSSR count). The van der Waals surface area contributed by atoms with Gasteiger partial charge in [0.05, 0.1) is 7.11 Å². The van der Waals surface area contributed by atoms with Crippen LogP contribution in [0.2, 0.25) is 0 Å². The zero-order valence-corrected chi connectivity index (χ0v) is 12.9. The molecular formula is C13H21N3O3S. The van der Waals surface area contributed by atoms with Crippen LogP contribution >= 0.6 is 0 Å². The summed E-state index contributed by atoms with van der Waals surface area (Å²) in [5, 5.41) is 0. The van der Waals surface area contributed by atoms with Gasteiger partial charge in [-0.1, -0.05) is 0 Å². The number of methoxy groups -OCH3 is 1. The van der Waals surface area contributed by atoms with Crippen molar-refractivity contribution in [2.75, 3.05) is 39.5 Å². The molecule has 0 bridgehead atoms. The first-order valence-corrected chi connectivity index (χ1v) is 7.94. The summed E-state index contributed by atoms with van der Waals surface area (Å²) in [6, 6.07) is 4.60. The molecule has 1 saturated heterocycles. The quantitative estimate of drug-likeness (QED) is 0.827. The summed E-state index contributed by atoms with van der Waals surface area (Å²) in [4.78, 5) is 2.25. The summed E-state index contributed by atoms with van der Waals surface area (Å²) in [7, 11) is -0.154. The second-order valence-electron chi connectivity index (χ2n) is 5.14. The summed E-state index contributed by atoms with van der Waals surface area (Å²) in [5.41, 5.74) is 6.13. The molecule has 1 aromatic carbocycles. The molecule has 0 radical (unpaired) electrons. The monoisotopic (exact) mass is 299 g/mol. The van der Waals surface area contributed by atoms with Gasteiger partial charge in [0.2, 0.25) is 10.0 Å². The second kappa shape index (κ2) is 5.59. The van der Waals surface area contributed by atoms with Crippen LogP contribution in [0.1, 0.15) is 6.92 Å². The van der Waals surface area contributed by atoms with Crippen LogP contribution in [0.3, 0.4) is 0 Å². The lowest BCUT2D eigenvalue weighted by Gasteiger charge is -2.37. The number of nitrogen functional groups attached to an aromatic ring is 1. The summed E-state index contributed by atoms with van der Waals surface area (Å²) in [6.07, 6.45) is 0. The van der Waals surface area contributed by atoms with Crippen molar-refractivity contribution in [1.82, 2.24) is 9.21 Å². The lowest BCUT2D eigenvalue weighted by molar-refractivity contribution is 0.170. The van der Waals surface area contributed by atoms with E-state index in [9.17, 15) is 8.42 Å². The van der Waals surface area contributed by atoms with Crippen molar-refractivity contribution >= 4 is 15.7 Å². The van der Waals surface area contributed by atoms with E-state index in [4.69, 9.17) is 10.5 Å². The van der Waals surface area contributed by atoms with Crippen molar-refractivity contribution in [1.29, 1.82) is 0 Å². The Balaban J connectivity index is 2.42. The first-order valence-electron chi connectivity index (χ1n) is 6.50. The Morgan fingerprint density at radius 1 is 1.35 bits per heavy atom. The van der Waals surface area contributed by atoms with Crippen molar-refractivity contribution in [3.63, 3.8) is 0 Å². The van der Waals surface area contributed by atoms with Gasteiger partial charge in [-0.05, 0) is 32.2 Å². The van der Waals surface area contributed by atoms with Crippen LogP contribution in [0.15, 0.2) is 23.1 Å². The van der Waals surface area contributed by atoms with E-state index in [1.807, 2.05) is 14.0 Å². The number of nitrogens with zero attached hydrogens (tertiary/aromatic N) is 2. The van der Waals surface area contributed by atoms with Gasteiger partial charge >= 0.3 is 0 Å². The summed E-state index contributed by atoms with van der Waals surface area (Å²) < 4.78 is 32.3. The number of sulfonamides is 1. The highest BCUT2D eigenvalue weighted by Gasteiger charge is 2.34. The Bertz CT molecular complexity index is 589. The molecule has 1 unspecified atom stereocenters. The number of likely N-dealkylation sites (N-methyl/N-ethyl adjacent to an activating group) is 1. The smallest absolute Gasteiger partial charge is 0.247 e. The van der Waals surface area contributed by atoms with Crippen molar-refractivity contribution in [2.45, 2.75) is 17.9 Å². The maximum Gasteiger partial charge on any atom is 0.247 e. The fourth-order valence-electron chi connectivity index (χ4n) is 2.50.